The maximum absolute atomic E-state index is 10.3. The highest BCUT2D eigenvalue weighted by atomic mass is 16.3. The van der Waals surface area contributed by atoms with Gasteiger partial charge < -0.3 is 10.8 Å². The summed E-state index contributed by atoms with van der Waals surface area (Å²) in [5.74, 6) is 0. The van der Waals surface area contributed by atoms with Gasteiger partial charge in [-0.3, -0.25) is 4.68 Å². The van der Waals surface area contributed by atoms with Crippen LogP contribution >= 0.6 is 0 Å². The summed E-state index contributed by atoms with van der Waals surface area (Å²) < 4.78 is 1.99. The summed E-state index contributed by atoms with van der Waals surface area (Å²) in [7, 11) is 0. The minimum atomic E-state index is -0.644. The largest absolute Gasteiger partial charge is 0.389 e. The van der Waals surface area contributed by atoms with Crippen molar-refractivity contribution in [2.75, 3.05) is 0 Å². The highest BCUT2D eigenvalue weighted by Crippen LogP contribution is 2.35. The first-order chi connectivity index (χ1) is 8.61. The normalized spacial score (nSPS) is 27.4. The van der Waals surface area contributed by atoms with Gasteiger partial charge in [0.1, 0.15) is 0 Å². The Morgan fingerprint density at radius 2 is 2.17 bits per heavy atom. The summed E-state index contributed by atoms with van der Waals surface area (Å²) in [6, 6.07) is 8.34. The molecule has 0 aliphatic heterocycles. The van der Waals surface area contributed by atoms with E-state index >= 15 is 0 Å². The van der Waals surface area contributed by atoms with Gasteiger partial charge in [-0.15, -0.1) is 0 Å². The molecule has 0 spiro atoms. The molecule has 1 fully saturated rings. The summed E-state index contributed by atoms with van der Waals surface area (Å²) in [4.78, 5) is 0. The van der Waals surface area contributed by atoms with Crippen LogP contribution in [0.15, 0.2) is 24.3 Å². The van der Waals surface area contributed by atoms with Crippen LogP contribution in [0.4, 0.5) is 0 Å². The molecular formula is C14H19N3O. The lowest BCUT2D eigenvalue weighted by atomic mass is 9.73. The predicted molar refractivity (Wildman–Crippen MR) is 71.3 cm³/mol. The van der Waals surface area contributed by atoms with Crippen LogP contribution < -0.4 is 5.73 Å². The summed E-state index contributed by atoms with van der Waals surface area (Å²) in [6.07, 6.45) is 1.97. The van der Waals surface area contributed by atoms with Crippen LogP contribution in [0.1, 0.15) is 25.5 Å². The SMILES string of the molecule is CCn1nc(CC2(O)CC(N)C2)c2ccccc21. The molecule has 1 aliphatic carbocycles. The Bertz CT molecular complexity index is 569. The quantitative estimate of drug-likeness (QED) is 0.860. The molecule has 0 atom stereocenters. The van der Waals surface area contributed by atoms with Crippen molar-refractivity contribution >= 4 is 10.9 Å². The smallest absolute Gasteiger partial charge is 0.0733 e. The number of nitrogens with zero attached hydrogens (tertiary/aromatic N) is 2. The summed E-state index contributed by atoms with van der Waals surface area (Å²) >= 11 is 0. The molecule has 0 amide bonds. The third kappa shape index (κ3) is 1.82. The number of aromatic nitrogens is 2. The Balaban J connectivity index is 1.97. The second kappa shape index (κ2) is 4.07. The molecule has 18 heavy (non-hydrogen) atoms. The first kappa shape index (κ1) is 11.7. The maximum atomic E-state index is 10.3. The van der Waals surface area contributed by atoms with Gasteiger partial charge in [-0.05, 0) is 25.8 Å². The molecule has 0 unspecified atom stereocenters. The fraction of sp³-hybridized carbons (Fsp3) is 0.500. The summed E-state index contributed by atoms with van der Waals surface area (Å²) in [5.41, 5.74) is 7.25. The average Bonchev–Trinajstić information content (AvgIpc) is 2.66. The molecule has 3 N–H and O–H groups in total. The molecule has 0 saturated heterocycles. The van der Waals surface area contributed by atoms with Crippen LogP contribution in [0.3, 0.4) is 0 Å². The van der Waals surface area contributed by atoms with E-state index in [1.54, 1.807) is 0 Å². The van der Waals surface area contributed by atoms with E-state index in [4.69, 9.17) is 5.73 Å². The first-order valence-corrected chi connectivity index (χ1v) is 6.54. The van der Waals surface area contributed by atoms with Gasteiger partial charge in [0, 0.05) is 24.4 Å². The third-order valence-electron chi connectivity index (χ3n) is 3.81. The van der Waals surface area contributed by atoms with Crippen LogP contribution in [-0.4, -0.2) is 26.5 Å². The second-order valence-corrected chi connectivity index (χ2v) is 5.35. The number of aliphatic hydroxyl groups is 1. The number of para-hydroxylation sites is 1. The minimum Gasteiger partial charge on any atom is -0.389 e. The fourth-order valence-corrected chi connectivity index (χ4v) is 2.94. The number of nitrogens with two attached hydrogens (primary N) is 1. The van der Waals surface area contributed by atoms with Crippen molar-refractivity contribution in [3.8, 4) is 0 Å². The number of benzene rings is 1. The third-order valence-corrected chi connectivity index (χ3v) is 3.81. The van der Waals surface area contributed by atoms with Crippen LogP contribution in [-0.2, 0) is 13.0 Å². The van der Waals surface area contributed by atoms with Gasteiger partial charge >= 0.3 is 0 Å². The monoisotopic (exact) mass is 245 g/mol. The Morgan fingerprint density at radius 1 is 1.44 bits per heavy atom. The Labute approximate surface area is 106 Å². The molecule has 4 heteroatoms. The standard InChI is InChI=1S/C14H19N3O/c1-2-17-13-6-4-3-5-11(13)12(16-17)9-14(18)7-10(15)8-14/h3-6,10,18H,2,7-9,15H2,1H3. The molecule has 4 nitrogen and oxygen atoms in total. The van der Waals surface area contributed by atoms with Gasteiger partial charge in [0.05, 0.1) is 16.8 Å². The Morgan fingerprint density at radius 3 is 2.83 bits per heavy atom. The highest BCUT2D eigenvalue weighted by molar-refractivity contribution is 5.82. The Kier molecular flexibility index (Phi) is 2.64. The van der Waals surface area contributed by atoms with Crippen molar-refractivity contribution in [1.29, 1.82) is 0 Å². The van der Waals surface area contributed by atoms with Crippen molar-refractivity contribution in [1.82, 2.24) is 9.78 Å². The zero-order valence-electron chi connectivity index (χ0n) is 10.6. The summed E-state index contributed by atoms with van der Waals surface area (Å²) in [5, 5.41) is 16.1. The van der Waals surface area contributed by atoms with Crippen LogP contribution in [0.2, 0.25) is 0 Å². The van der Waals surface area contributed by atoms with Crippen molar-refractivity contribution in [2.24, 2.45) is 5.73 Å². The van der Waals surface area contributed by atoms with E-state index in [0.29, 0.717) is 19.3 Å². The van der Waals surface area contributed by atoms with Crippen LogP contribution in [0.25, 0.3) is 10.9 Å². The number of hydrogen-bond donors (Lipinski definition) is 2. The Hall–Kier alpha value is -1.39. The van der Waals surface area contributed by atoms with E-state index < -0.39 is 5.60 Å². The summed E-state index contributed by atoms with van der Waals surface area (Å²) in [6.45, 7) is 2.93. The number of fused-ring (bicyclic) bond motifs is 1. The van der Waals surface area contributed by atoms with E-state index in [1.807, 2.05) is 16.8 Å². The number of aryl methyl sites for hydroxylation is 1. The number of rotatable bonds is 3. The van der Waals surface area contributed by atoms with Gasteiger partial charge in [0.25, 0.3) is 0 Å². The molecule has 2 aromatic rings. The lowest BCUT2D eigenvalue weighted by Crippen LogP contribution is -2.52. The minimum absolute atomic E-state index is 0.148. The van der Waals surface area contributed by atoms with Crippen molar-refractivity contribution in [3.05, 3.63) is 30.0 Å². The average molecular weight is 245 g/mol. The van der Waals surface area contributed by atoms with Gasteiger partial charge in [0.2, 0.25) is 0 Å². The fourth-order valence-electron chi connectivity index (χ4n) is 2.94. The zero-order valence-corrected chi connectivity index (χ0v) is 10.6. The van der Waals surface area contributed by atoms with E-state index in [2.05, 4.69) is 24.2 Å². The van der Waals surface area contributed by atoms with Gasteiger partial charge in [-0.2, -0.15) is 5.10 Å². The second-order valence-electron chi connectivity index (χ2n) is 5.35. The number of hydrogen-bond acceptors (Lipinski definition) is 3. The molecule has 1 heterocycles. The zero-order chi connectivity index (χ0) is 12.8. The predicted octanol–water partition coefficient (Wildman–Crippen LogP) is 1.45. The van der Waals surface area contributed by atoms with Gasteiger partial charge in [-0.1, -0.05) is 18.2 Å². The lowest BCUT2D eigenvalue weighted by Gasteiger charge is -2.41. The molecule has 0 radical (unpaired) electrons. The highest BCUT2D eigenvalue weighted by Gasteiger charge is 2.41. The molecule has 1 aromatic carbocycles. The molecule has 1 aromatic heterocycles. The lowest BCUT2D eigenvalue weighted by molar-refractivity contribution is -0.0460. The first-order valence-electron chi connectivity index (χ1n) is 6.54. The van der Waals surface area contributed by atoms with Crippen LogP contribution in [0.5, 0.6) is 0 Å². The van der Waals surface area contributed by atoms with E-state index in [-0.39, 0.29) is 6.04 Å². The van der Waals surface area contributed by atoms with Crippen molar-refractivity contribution in [2.45, 2.75) is 44.4 Å². The molecule has 0 bridgehead atoms. The van der Waals surface area contributed by atoms with Crippen LogP contribution in [0, 0.1) is 0 Å². The molecular weight excluding hydrogens is 226 g/mol. The molecule has 96 valence electrons. The van der Waals surface area contributed by atoms with Crippen molar-refractivity contribution < 1.29 is 5.11 Å². The van der Waals surface area contributed by atoms with Gasteiger partial charge in [0.15, 0.2) is 0 Å². The molecule has 1 saturated carbocycles. The molecule has 1 aliphatic rings. The molecule has 3 rings (SSSR count). The topological polar surface area (TPSA) is 64.1 Å². The maximum Gasteiger partial charge on any atom is 0.0733 e. The van der Waals surface area contributed by atoms with E-state index in [1.165, 1.54) is 0 Å². The van der Waals surface area contributed by atoms with Gasteiger partial charge in [-0.25, -0.2) is 0 Å². The van der Waals surface area contributed by atoms with Crippen molar-refractivity contribution in [3.63, 3.8) is 0 Å². The van der Waals surface area contributed by atoms with E-state index in [0.717, 1.165) is 23.1 Å². The van der Waals surface area contributed by atoms with E-state index in [9.17, 15) is 5.11 Å².